The summed E-state index contributed by atoms with van der Waals surface area (Å²) in [4.78, 5) is 12.9. The van der Waals surface area contributed by atoms with E-state index in [9.17, 15) is 18.0 Å². The summed E-state index contributed by atoms with van der Waals surface area (Å²) < 4.78 is 38.0. The number of piperidine rings is 1. The Bertz CT molecular complexity index is 331. The SMILES string of the molecule is CC(N)(CCCCN1CCCC(C(F)(F)F)C1)C(N)=O. The van der Waals surface area contributed by atoms with E-state index in [1.54, 1.807) is 6.92 Å². The van der Waals surface area contributed by atoms with Gasteiger partial charge < -0.3 is 16.4 Å². The number of nitrogens with zero attached hydrogens (tertiary/aromatic N) is 1. The Morgan fingerprint density at radius 1 is 1.35 bits per heavy atom. The summed E-state index contributed by atoms with van der Waals surface area (Å²) in [5.41, 5.74) is 9.85. The molecule has 0 radical (unpaired) electrons. The van der Waals surface area contributed by atoms with Gasteiger partial charge in [-0.15, -0.1) is 0 Å². The fraction of sp³-hybridized carbons (Fsp3) is 0.923. The number of primary amides is 1. The summed E-state index contributed by atoms with van der Waals surface area (Å²) in [6.45, 7) is 2.98. The van der Waals surface area contributed by atoms with Crippen molar-refractivity contribution in [1.82, 2.24) is 4.90 Å². The Labute approximate surface area is 117 Å². The van der Waals surface area contributed by atoms with E-state index in [1.165, 1.54) is 0 Å². The predicted octanol–water partition coefficient (Wildman–Crippen LogP) is 1.63. The predicted molar refractivity (Wildman–Crippen MR) is 70.9 cm³/mol. The standard InChI is InChI=1S/C13H24F3N3O/c1-12(18,11(17)20)6-2-3-7-19-8-4-5-10(9-19)13(14,15)16/h10H,2-9,18H2,1H3,(H2,17,20). The molecule has 0 bridgehead atoms. The zero-order valence-electron chi connectivity index (χ0n) is 11.9. The van der Waals surface area contributed by atoms with Crippen LogP contribution >= 0.6 is 0 Å². The van der Waals surface area contributed by atoms with Crippen LogP contribution in [0.25, 0.3) is 0 Å². The van der Waals surface area contributed by atoms with Crippen molar-refractivity contribution < 1.29 is 18.0 Å². The van der Waals surface area contributed by atoms with Gasteiger partial charge in [-0.25, -0.2) is 0 Å². The minimum atomic E-state index is -4.10. The van der Waals surface area contributed by atoms with Gasteiger partial charge in [-0.2, -0.15) is 13.2 Å². The fourth-order valence-electron chi connectivity index (χ4n) is 2.48. The summed E-state index contributed by atoms with van der Waals surface area (Å²) in [6, 6.07) is 0. The molecule has 4 N–H and O–H groups in total. The number of amides is 1. The molecular weight excluding hydrogens is 271 g/mol. The van der Waals surface area contributed by atoms with Gasteiger partial charge in [-0.3, -0.25) is 4.79 Å². The smallest absolute Gasteiger partial charge is 0.368 e. The first kappa shape index (κ1) is 17.2. The average Bonchev–Trinajstić information content (AvgIpc) is 2.34. The first-order valence-electron chi connectivity index (χ1n) is 7.01. The molecule has 1 fully saturated rings. The zero-order valence-corrected chi connectivity index (χ0v) is 11.9. The molecule has 0 aliphatic carbocycles. The van der Waals surface area contributed by atoms with Crippen molar-refractivity contribution in [1.29, 1.82) is 0 Å². The van der Waals surface area contributed by atoms with Gasteiger partial charge in [0.25, 0.3) is 0 Å². The second-order valence-corrected chi connectivity index (χ2v) is 5.92. The van der Waals surface area contributed by atoms with E-state index in [2.05, 4.69) is 0 Å². The maximum absolute atomic E-state index is 12.7. The number of nitrogens with two attached hydrogens (primary N) is 2. The molecule has 0 aromatic carbocycles. The lowest BCUT2D eigenvalue weighted by molar-refractivity contribution is -0.186. The lowest BCUT2D eigenvalue weighted by Gasteiger charge is -2.33. The molecule has 1 aliphatic rings. The molecule has 0 spiro atoms. The van der Waals surface area contributed by atoms with Crippen LogP contribution in [0, 0.1) is 5.92 Å². The van der Waals surface area contributed by atoms with Gasteiger partial charge in [-0.1, -0.05) is 0 Å². The second-order valence-electron chi connectivity index (χ2n) is 5.92. The third-order valence-corrected chi connectivity index (χ3v) is 3.95. The van der Waals surface area contributed by atoms with Crippen molar-refractivity contribution in [3.05, 3.63) is 0 Å². The van der Waals surface area contributed by atoms with E-state index in [0.29, 0.717) is 32.4 Å². The molecule has 1 rings (SSSR count). The minimum absolute atomic E-state index is 0.0826. The summed E-state index contributed by atoms with van der Waals surface area (Å²) in [7, 11) is 0. The van der Waals surface area contributed by atoms with Crippen LogP contribution in [0.5, 0.6) is 0 Å². The van der Waals surface area contributed by atoms with E-state index >= 15 is 0 Å². The highest BCUT2D eigenvalue weighted by molar-refractivity contribution is 5.83. The maximum atomic E-state index is 12.7. The summed E-state index contributed by atoms with van der Waals surface area (Å²) in [6.07, 6.45) is -1.42. The van der Waals surface area contributed by atoms with Crippen molar-refractivity contribution >= 4 is 5.91 Å². The Morgan fingerprint density at radius 2 is 2.00 bits per heavy atom. The van der Waals surface area contributed by atoms with Crippen LogP contribution < -0.4 is 11.5 Å². The van der Waals surface area contributed by atoms with Crippen molar-refractivity contribution in [2.24, 2.45) is 17.4 Å². The Hall–Kier alpha value is -0.820. The molecule has 0 aromatic rings. The molecule has 20 heavy (non-hydrogen) atoms. The average molecular weight is 295 g/mol. The molecule has 0 aromatic heterocycles. The van der Waals surface area contributed by atoms with Crippen molar-refractivity contribution in [2.75, 3.05) is 19.6 Å². The molecule has 2 atom stereocenters. The monoisotopic (exact) mass is 295 g/mol. The number of alkyl halides is 3. The largest absolute Gasteiger partial charge is 0.393 e. The van der Waals surface area contributed by atoms with Gasteiger partial charge in [0.1, 0.15) is 0 Å². The number of carbonyl (C=O) groups excluding carboxylic acids is 1. The normalized spacial score (nSPS) is 24.4. The van der Waals surface area contributed by atoms with Crippen molar-refractivity contribution in [2.45, 2.75) is 50.7 Å². The van der Waals surface area contributed by atoms with Crippen LogP contribution in [0.1, 0.15) is 39.0 Å². The van der Waals surface area contributed by atoms with Crippen LogP contribution in [0.3, 0.4) is 0 Å². The first-order chi connectivity index (χ1) is 9.13. The Morgan fingerprint density at radius 3 is 2.55 bits per heavy atom. The molecule has 0 saturated carbocycles. The van der Waals surface area contributed by atoms with Gasteiger partial charge >= 0.3 is 6.18 Å². The van der Waals surface area contributed by atoms with Crippen LogP contribution in [0.4, 0.5) is 13.2 Å². The van der Waals surface area contributed by atoms with Gasteiger partial charge in [0.15, 0.2) is 0 Å². The first-order valence-corrected chi connectivity index (χ1v) is 7.01. The van der Waals surface area contributed by atoms with Crippen molar-refractivity contribution in [3.63, 3.8) is 0 Å². The van der Waals surface area contributed by atoms with Crippen LogP contribution in [0.15, 0.2) is 0 Å². The number of unbranched alkanes of at least 4 members (excludes halogenated alkanes) is 1. The van der Waals surface area contributed by atoms with Gasteiger partial charge in [0, 0.05) is 6.54 Å². The van der Waals surface area contributed by atoms with Crippen LogP contribution in [0.2, 0.25) is 0 Å². The number of halogens is 3. The summed E-state index contributed by atoms with van der Waals surface area (Å²) in [5.74, 6) is -1.76. The van der Waals surface area contributed by atoms with Crippen LogP contribution in [-0.4, -0.2) is 42.2 Å². The molecule has 2 unspecified atom stereocenters. The van der Waals surface area contributed by atoms with Gasteiger partial charge in [0.05, 0.1) is 11.5 Å². The van der Waals surface area contributed by atoms with E-state index < -0.39 is 23.5 Å². The number of carbonyl (C=O) groups is 1. The van der Waals surface area contributed by atoms with E-state index in [0.717, 1.165) is 6.42 Å². The zero-order chi connectivity index (χ0) is 15.4. The maximum Gasteiger partial charge on any atom is 0.393 e. The van der Waals surface area contributed by atoms with Crippen molar-refractivity contribution in [3.8, 4) is 0 Å². The highest BCUT2D eigenvalue weighted by Crippen LogP contribution is 2.33. The quantitative estimate of drug-likeness (QED) is 0.732. The number of likely N-dealkylation sites (tertiary alicyclic amines) is 1. The lowest BCUT2D eigenvalue weighted by Crippen LogP contribution is -2.49. The number of rotatable bonds is 6. The molecule has 1 saturated heterocycles. The summed E-state index contributed by atoms with van der Waals surface area (Å²) in [5, 5.41) is 0. The van der Waals surface area contributed by atoms with E-state index in [-0.39, 0.29) is 13.0 Å². The van der Waals surface area contributed by atoms with Gasteiger partial charge in [0.2, 0.25) is 5.91 Å². The molecule has 1 aliphatic heterocycles. The molecule has 1 amide bonds. The van der Waals surface area contributed by atoms with Gasteiger partial charge in [-0.05, 0) is 52.1 Å². The third-order valence-electron chi connectivity index (χ3n) is 3.95. The number of hydrogen-bond donors (Lipinski definition) is 2. The van der Waals surface area contributed by atoms with E-state index in [4.69, 9.17) is 11.5 Å². The molecule has 4 nitrogen and oxygen atoms in total. The number of hydrogen-bond acceptors (Lipinski definition) is 3. The van der Waals surface area contributed by atoms with Crippen LogP contribution in [-0.2, 0) is 4.79 Å². The highest BCUT2D eigenvalue weighted by Gasteiger charge is 2.41. The molecule has 7 heteroatoms. The second kappa shape index (κ2) is 6.76. The highest BCUT2D eigenvalue weighted by atomic mass is 19.4. The molecule has 1 heterocycles. The van der Waals surface area contributed by atoms with E-state index in [1.807, 2.05) is 4.90 Å². The minimum Gasteiger partial charge on any atom is -0.368 e. The molecule has 118 valence electrons. The topological polar surface area (TPSA) is 72.3 Å². The fourth-order valence-corrected chi connectivity index (χ4v) is 2.48. The Kier molecular flexibility index (Phi) is 5.82. The lowest BCUT2D eigenvalue weighted by atomic mass is 9.94. The summed E-state index contributed by atoms with van der Waals surface area (Å²) >= 11 is 0. The third kappa shape index (κ3) is 5.28. The Balaban J connectivity index is 2.27. The molecular formula is C13H24F3N3O.